The minimum atomic E-state index is -3.48. The molecule has 8 heteroatoms. The fourth-order valence-electron chi connectivity index (χ4n) is 3.04. The highest BCUT2D eigenvalue weighted by Crippen LogP contribution is 2.25. The molecule has 0 amide bonds. The fraction of sp³-hybridized carbons (Fsp3) is 0.278. The lowest BCUT2D eigenvalue weighted by Gasteiger charge is -2.31. The van der Waals surface area contributed by atoms with Gasteiger partial charge in [-0.2, -0.15) is 9.40 Å². The minimum absolute atomic E-state index is 0.0678. The Morgan fingerprint density at radius 3 is 2.50 bits per heavy atom. The number of benzene rings is 1. The Bertz CT molecular complexity index is 928. The zero-order valence-electron chi connectivity index (χ0n) is 14.1. The summed E-state index contributed by atoms with van der Waals surface area (Å²) in [6, 6.07) is 10.6. The number of rotatable bonds is 5. The number of aromatic nitrogens is 2. The van der Waals surface area contributed by atoms with Gasteiger partial charge in [0.15, 0.2) is 0 Å². The Morgan fingerprint density at radius 1 is 1.12 bits per heavy atom. The quantitative estimate of drug-likeness (QED) is 0.672. The van der Waals surface area contributed by atoms with Crippen LogP contribution in [0.3, 0.4) is 0 Å². The van der Waals surface area contributed by atoms with Crippen molar-refractivity contribution in [3.63, 3.8) is 0 Å². The zero-order chi connectivity index (χ0) is 18.0. The van der Waals surface area contributed by atoms with Gasteiger partial charge in [0.25, 0.3) is 0 Å². The van der Waals surface area contributed by atoms with E-state index in [-0.39, 0.29) is 6.10 Å². The van der Waals surface area contributed by atoms with Crippen molar-refractivity contribution in [2.24, 2.45) is 0 Å². The molecule has 1 aliphatic heterocycles. The van der Waals surface area contributed by atoms with Gasteiger partial charge in [-0.15, -0.1) is 11.3 Å². The molecule has 0 aliphatic carbocycles. The molecule has 26 heavy (non-hydrogen) atoms. The monoisotopic (exact) mass is 389 g/mol. The highest BCUT2D eigenvalue weighted by Gasteiger charge is 2.30. The third kappa shape index (κ3) is 3.53. The predicted octanol–water partition coefficient (Wildman–Crippen LogP) is 3.17. The van der Waals surface area contributed by atoms with Crippen molar-refractivity contribution in [2.45, 2.75) is 23.8 Å². The maximum Gasteiger partial charge on any atom is 0.243 e. The van der Waals surface area contributed by atoms with Gasteiger partial charge in [-0.25, -0.2) is 13.1 Å². The van der Waals surface area contributed by atoms with E-state index < -0.39 is 10.0 Å². The second kappa shape index (κ2) is 7.22. The van der Waals surface area contributed by atoms with E-state index in [1.165, 1.54) is 0 Å². The number of sulfonamides is 1. The van der Waals surface area contributed by atoms with Crippen LogP contribution in [0.2, 0.25) is 0 Å². The SMILES string of the molecule is O=S(=O)(c1ccc(-n2cccn2)cc1)N1CCC(Oc2ccsc2)CC1. The van der Waals surface area contributed by atoms with Gasteiger partial charge >= 0.3 is 0 Å². The molecular weight excluding hydrogens is 370 g/mol. The molecule has 0 N–H and O–H groups in total. The van der Waals surface area contributed by atoms with Crippen LogP contribution in [0.5, 0.6) is 5.75 Å². The molecule has 3 heterocycles. The summed E-state index contributed by atoms with van der Waals surface area (Å²) in [5.41, 5.74) is 0.830. The van der Waals surface area contributed by atoms with Crippen LogP contribution in [0.4, 0.5) is 0 Å². The summed E-state index contributed by atoms with van der Waals surface area (Å²) in [5.74, 6) is 0.866. The van der Waals surface area contributed by atoms with E-state index in [4.69, 9.17) is 4.74 Å². The summed E-state index contributed by atoms with van der Waals surface area (Å²) in [6.45, 7) is 0.941. The number of thiophene rings is 1. The second-order valence-electron chi connectivity index (χ2n) is 6.12. The molecular formula is C18H19N3O3S2. The Kier molecular flexibility index (Phi) is 4.80. The summed E-state index contributed by atoms with van der Waals surface area (Å²) in [5, 5.41) is 8.09. The van der Waals surface area contributed by atoms with Crippen molar-refractivity contribution in [2.75, 3.05) is 13.1 Å². The third-order valence-electron chi connectivity index (χ3n) is 4.44. The van der Waals surface area contributed by atoms with Gasteiger partial charge < -0.3 is 4.74 Å². The lowest BCUT2D eigenvalue weighted by Crippen LogP contribution is -2.41. The van der Waals surface area contributed by atoms with Gasteiger partial charge in [-0.1, -0.05) is 0 Å². The molecule has 0 spiro atoms. The minimum Gasteiger partial charge on any atom is -0.489 e. The van der Waals surface area contributed by atoms with Crippen molar-refractivity contribution < 1.29 is 13.2 Å². The normalized spacial score (nSPS) is 16.6. The maximum atomic E-state index is 12.9. The lowest BCUT2D eigenvalue weighted by atomic mass is 10.1. The molecule has 0 unspecified atom stereocenters. The number of ether oxygens (including phenoxy) is 1. The molecule has 1 aliphatic rings. The highest BCUT2D eigenvalue weighted by atomic mass is 32.2. The number of hydrogen-bond acceptors (Lipinski definition) is 5. The average Bonchev–Trinajstić information content (AvgIpc) is 3.36. The van der Waals surface area contributed by atoms with Crippen LogP contribution in [0.15, 0.2) is 64.4 Å². The van der Waals surface area contributed by atoms with Crippen LogP contribution in [0.25, 0.3) is 5.69 Å². The summed E-state index contributed by atoms with van der Waals surface area (Å²) in [7, 11) is -3.48. The first-order chi connectivity index (χ1) is 12.6. The van der Waals surface area contributed by atoms with Gasteiger partial charge in [0, 0.05) is 30.9 Å². The van der Waals surface area contributed by atoms with E-state index in [0.29, 0.717) is 30.8 Å². The van der Waals surface area contributed by atoms with Gasteiger partial charge in [0.1, 0.15) is 11.9 Å². The Balaban J connectivity index is 1.42. The molecule has 1 saturated heterocycles. The lowest BCUT2D eigenvalue weighted by molar-refractivity contribution is 0.135. The van der Waals surface area contributed by atoms with E-state index in [1.807, 2.05) is 29.1 Å². The zero-order valence-corrected chi connectivity index (χ0v) is 15.7. The fourth-order valence-corrected chi connectivity index (χ4v) is 5.07. The van der Waals surface area contributed by atoms with Crippen molar-refractivity contribution in [1.82, 2.24) is 14.1 Å². The first-order valence-corrected chi connectivity index (χ1v) is 10.8. The van der Waals surface area contributed by atoms with Gasteiger partial charge in [0.05, 0.1) is 10.6 Å². The summed E-state index contributed by atoms with van der Waals surface area (Å²) < 4.78 is 34.9. The molecule has 136 valence electrons. The molecule has 4 rings (SSSR count). The predicted molar refractivity (Wildman–Crippen MR) is 100 cm³/mol. The molecule has 0 atom stereocenters. The Labute approximate surface area is 156 Å². The summed E-state index contributed by atoms with van der Waals surface area (Å²) in [4.78, 5) is 0.311. The maximum absolute atomic E-state index is 12.9. The van der Waals surface area contributed by atoms with Crippen molar-refractivity contribution in [3.8, 4) is 11.4 Å². The van der Waals surface area contributed by atoms with E-state index in [1.54, 1.807) is 50.8 Å². The molecule has 2 aromatic heterocycles. The third-order valence-corrected chi connectivity index (χ3v) is 7.02. The Hall–Kier alpha value is -2.16. The van der Waals surface area contributed by atoms with E-state index in [2.05, 4.69) is 5.10 Å². The molecule has 3 aromatic rings. The molecule has 0 bridgehead atoms. The summed E-state index contributed by atoms with van der Waals surface area (Å²) in [6.07, 6.45) is 4.97. The highest BCUT2D eigenvalue weighted by molar-refractivity contribution is 7.89. The van der Waals surface area contributed by atoms with E-state index >= 15 is 0 Å². The van der Waals surface area contributed by atoms with Crippen molar-refractivity contribution in [1.29, 1.82) is 0 Å². The standard InChI is InChI=1S/C18H19N3O3S2/c22-26(23,18-4-2-15(3-5-18)21-10-1-9-19-21)20-11-6-16(7-12-20)24-17-8-13-25-14-17/h1-5,8-10,13-14,16H,6-7,11-12H2. The van der Waals surface area contributed by atoms with E-state index in [9.17, 15) is 8.42 Å². The van der Waals surface area contributed by atoms with Gasteiger partial charge in [-0.05, 0) is 54.6 Å². The molecule has 0 saturated carbocycles. The van der Waals surface area contributed by atoms with Crippen molar-refractivity contribution in [3.05, 3.63) is 59.6 Å². The topological polar surface area (TPSA) is 64.4 Å². The second-order valence-corrected chi connectivity index (χ2v) is 8.84. The molecule has 0 radical (unpaired) electrons. The van der Waals surface area contributed by atoms with Crippen molar-refractivity contribution >= 4 is 21.4 Å². The number of nitrogens with zero attached hydrogens (tertiary/aromatic N) is 3. The van der Waals surface area contributed by atoms with Crippen LogP contribution in [0.1, 0.15) is 12.8 Å². The van der Waals surface area contributed by atoms with Gasteiger partial charge in [0.2, 0.25) is 10.0 Å². The van der Waals surface area contributed by atoms with Crippen LogP contribution in [-0.4, -0.2) is 41.7 Å². The first-order valence-electron chi connectivity index (χ1n) is 8.42. The first kappa shape index (κ1) is 17.3. The van der Waals surface area contributed by atoms with Crippen LogP contribution >= 0.6 is 11.3 Å². The molecule has 6 nitrogen and oxygen atoms in total. The largest absolute Gasteiger partial charge is 0.489 e. The smallest absolute Gasteiger partial charge is 0.243 e. The van der Waals surface area contributed by atoms with Crippen LogP contribution < -0.4 is 4.74 Å². The number of hydrogen-bond donors (Lipinski definition) is 0. The number of piperidine rings is 1. The Morgan fingerprint density at radius 2 is 1.88 bits per heavy atom. The molecule has 1 fully saturated rings. The molecule has 1 aromatic carbocycles. The van der Waals surface area contributed by atoms with Crippen LogP contribution in [0, 0.1) is 0 Å². The van der Waals surface area contributed by atoms with Crippen LogP contribution in [-0.2, 0) is 10.0 Å². The van der Waals surface area contributed by atoms with Gasteiger partial charge in [-0.3, -0.25) is 0 Å². The average molecular weight is 390 g/mol. The van der Waals surface area contributed by atoms with E-state index in [0.717, 1.165) is 11.4 Å². The summed E-state index contributed by atoms with van der Waals surface area (Å²) >= 11 is 1.59.